The second-order valence-corrected chi connectivity index (χ2v) is 9.63. The lowest BCUT2D eigenvalue weighted by Crippen LogP contribution is -2.54. The van der Waals surface area contributed by atoms with Gasteiger partial charge in [0.05, 0.1) is 0 Å². The van der Waals surface area contributed by atoms with Gasteiger partial charge in [-0.05, 0) is 71.6 Å². The van der Waals surface area contributed by atoms with Crippen LogP contribution in [0.3, 0.4) is 0 Å². The third kappa shape index (κ3) is 8.04. The quantitative estimate of drug-likeness (QED) is 0.482. The van der Waals surface area contributed by atoms with Gasteiger partial charge in [0, 0.05) is 18.3 Å². The minimum atomic E-state index is -0.931. The maximum absolute atomic E-state index is 13.6. The summed E-state index contributed by atoms with van der Waals surface area (Å²) >= 11 is 4.29. The molecule has 2 N–H and O–H groups in total. The molecule has 0 heterocycles. The topological polar surface area (TPSA) is 87.7 Å². The summed E-state index contributed by atoms with van der Waals surface area (Å²) in [5, 5.41) is 5.56. The molecule has 7 nitrogen and oxygen atoms in total. The summed E-state index contributed by atoms with van der Waals surface area (Å²) < 4.78 is 5.31. The van der Waals surface area contributed by atoms with Crippen LogP contribution in [0.15, 0.2) is 18.2 Å². The maximum atomic E-state index is 13.6. The molecule has 32 heavy (non-hydrogen) atoms. The molecule has 0 bridgehead atoms. The van der Waals surface area contributed by atoms with Gasteiger partial charge in [0.2, 0.25) is 11.8 Å². The highest BCUT2D eigenvalue weighted by Gasteiger charge is 2.36. The summed E-state index contributed by atoms with van der Waals surface area (Å²) in [7, 11) is 0. The molecule has 0 aliphatic rings. The van der Waals surface area contributed by atoms with Gasteiger partial charge in [-0.25, -0.2) is 4.79 Å². The van der Waals surface area contributed by atoms with Crippen molar-refractivity contribution in [2.75, 3.05) is 12.3 Å². The second-order valence-electron chi connectivity index (χ2n) is 9.27. The first-order chi connectivity index (χ1) is 14.8. The molecule has 0 aliphatic heterocycles. The number of nitrogens with zero attached hydrogens (tertiary/aromatic N) is 1. The summed E-state index contributed by atoms with van der Waals surface area (Å²) in [5.41, 5.74) is 2.05. The van der Waals surface area contributed by atoms with E-state index in [-0.39, 0.29) is 23.6 Å². The number of carbonyl (C=O) groups is 3. The van der Waals surface area contributed by atoms with Gasteiger partial charge in [0.25, 0.3) is 0 Å². The van der Waals surface area contributed by atoms with Crippen LogP contribution in [0.2, 0.25) is 0 Å². The van der Waals surface area contributed by atoms with Crippen molar-refractivity contribution in [2.24, 2.45) is 0 Å². The van der Waals surface area contributed by atoms with E-state index in [4.69, 9.17) is 4.74 Å². The first kappa shape index (κ1) is 27.8. The standard InChI is InChI=1S/C24H39N3O4S/c1-9-13-27(22(29)19(14-32)26-23(30)31-24(6,7)8)20(21(28)25-15(2)3)18-12-10-11-16(4)17(18)5/h10-12,15,19-20,32H,9,13-14H2,1-8H3,(H,25,28)(H,26,30). The van der Waals surface area contributed by atoms with E-state index in [0.29, 0.717) is 13.0 Å². The molecule has 0 spiro atoms. The SMILES string of the molecule is CCCN(C(=O)C(CS)NC(=O)OC(C)(C)C)C(C(=O)NC(C)C)c1cccc(C)c1C. The van der Waals surface area contributed by atoms with Gasteiger partial charge in [-0.3, -0.25) is 9.59 Å². The summed E-state index contributed by atoms with van der Waals surface area (Å²) in [6, 6.07) is 3.89. The van der Waals surface area contributed by atoms with Gasteiger partial charge in [-0.1, -0.05) is 25.1 Å². The Morgan fingerprint density at radius 3 is 2.25 bits per heavy atom. The third-order valence-electron chi connectivity index (χ3n) is 4.85. The number of amides is 3. The van der Waals surface area contributed by atoms with E-state index in [1.54, 1.807) is 20.8 Å². The van der Waals surface area contributed by atoms with Gasteiger partial charge in [0.15, 0.2) is 0 Å². The van der Waals surface area contributed by atoms with Crippen molar-refractivity contribution >= 4 is 30.5 Å². The van der Waals surface area contributed by atoms with Gasteiger partial charge < -0.3 is 20.3 Å². The second kappa shape index (κ2) is 12.1. The predicted molar refractivity (Wildman–Crippen MR) is 131 cm³/mol. The van der Waals surface area contributed by atoms with Crippen molar-refractivity contribution in [3.63, 3.8) is 0 Å². The zero-order chi connectivity index (χ0) is 24.6. The van der Waals surface area contributed by atoms with Gasteiger partial charge >= 0.3 is 6.09 Å². The number of nitrogens with one attached hydrogen (secondary N) is 2. The third-order valence-corrected chi connectivity index (χ3v) is 5.22. The van der Waals surface area contributed by atoms with Gasteiger partial charge in [-0.15, -0.1) is 0 Å². The first-order valence-electron chi connectivity index (χ1n) is 11.1. The number of alkyl carbamates (subject to hydrolysis) is 1. The van der Waals surface area contributed by atoms with Crippen LogP contribution in [0.1, 0.15) is 70.7 Å². The molecule has 2 unspecified atom stereocenters. The van der Waals surface area contributed by atoms with Crippen LogP contribution in [-0.4, -0.2) is 52.8 Å². The van der Waals surface area contributed by atoms with Crippen LogP contribution < -0.4 is 10.6 Å². The van der Waals surface area contributed by atoms with E-state index in [0.717, 1.165) is 16.7 Å². The van der Waals surface area contributed by atoms with Gasteiger partial charge in [-0.2, -0.15) is 12.6 Å². The normalized spacial score (nSPS) is 13.3. The Balaban J connectivity index is 3.39. The summed E-state index contributed by atoms with van der Waals surface area (Å²) in [6.07, 6.45) is -0.0513. The molecule has 180 valence electrons. The molecule has 0 radical (unpaired) electrons. The lowest BCUT2D eigenvalue weighted by atomic mass is 9.95. The van der Waals surface area contributed by atoms with Crippen LogP contribution >= 0.6 is 12.6 Å². The Bertz CT molecular complexity index is 805. The number of hydrogen-bond acceptors (Lipinski definition) is 5. The Kier molecular flexibility index (Phi) is 10.5. The van der Waals surface area contributed by atoms with Crippen LogP contribution in [0.4, 0.5) is 4.79 Å². The average molecular weight is 466 g/mol. The zero-order valence-electron chi connectivity index (χ0n) is 20.6. The molecule has 1 aromatic rings. The Morgan fingerprint density at radius 2 is 1.75 bits per heavy atom. The van der Waals surface area contributed by atoms with Crippen molar-refractivity contribution in [1.82, 2.24) is 15.5 Å². The first-order valence-corrected chi connectivity index (χ1v) is 11.7. The number of thiol groups is 1. The molecule has 1 aromatic carbocycles. The largest absolute Gasteiger partial charge is 0.444 e. The molecule has 0 aromatic heterocycles. The Hall–Kier alpha value is -2.22. The minimum Gasteiger partial charge on any atom is -0.444 e. The molecule has 2 atom stereocenters. The molecule has 0 saturated heterocycles. The van der Waals surface area contributed by atoms with Crippen LogP contribution in [0.5, 0.6) is 0 Å². The lowest BCUT2D eigenvalue weighted by Gasteiger charge is -2.35. The number of benzene rings is 1. The number of aryl methyl sites for hydroxylation is 1. The molecule has 3 amide bonds. The smallest absolute Gasteiger partial charge is 0.408 e. The minimum absolute atomic E-state index is 0.0730. The monoisotopic (exact) mass is 465 g/mol. The fraction of sp³-hybridized carbons (Fsp3) is 0.625. The zero-order valence-corrected chi connectivity index (χ0v) is 21.5. The van der Waals surface area contributed by atoms with Crippen LogP contribution in [0.25, 0.3) is 0 Å². The Labute approximate surface area is 198 Å². The van der Waals surface area contributed by atoms with Gasteiger partial charge in [0.1, 0.15) is 17.7 Å². The van der Waals surface area contributed by atoms with Crippen molar-refractivity contribution in [1.29, 1.82) is 0 Å². The van der Waals surface area contributed by atoms with E-state index in [2.05, 4.69) is 23.3 Å². The van der Waals surface area contributed by atoms with E-state index in [1.807, 2.05) is 52.8 Å². The molecule has 1 rings (SSSR count). The molecule has 0 saturated carbocycles. The summed E-state index contributed by atoms with van der Waals surface area (Å²) in [5.74, 6) is -0.563. The molecule has 8 heteroatoms. The molecular formula is C24H39N3O4S. The highest BCUT2D eigenvalue weighted by molar-refractivity contribution is 7.80. The highest BCUT2D eigenvalue weighted by Crippen LogP contribution is 2.27. The fourth-order valence-corrected chi connectivity index (χ4v) is 3.57. The van der Waals surface area contributed by atoms with Crippen molar-refractivity contribution < 1.29 is 19.1 Å². The van der Waals surface area contributed by atoms with E-state index >= 15 is 0 Å². The molecular weight excluding hydrogens is 426 g/mol. The van der Waals surface area contributed by atoms with Crippen molar-refractivity contribution in [3.05, 3.63) is 34.9 Å². The molecule has 0 fully saturated rings. The fourth-order valence-electron chi connectivity index (χ4n) is 3.33. The summed E-state index contributed by atoms with van der Waals surface area (Å²) in [4.78, 5) is 40.8. The van der Waals surface area contributed by atoms with Crippen LogP contribution in [-0.2, 0) is 14.3 Å². The predicted octanol–water partition coefficient (Wildman–Crippen LogP) is 3.93. The van der Waals surface area contributed by atoms with Crippen molar-refractivity contribution in [2.45, 2.75) is 85.5 Å². The van der Waals surface area contributed by atoms with Crippen molar-refractivity contribution in [3.8, 4) is 0 Å². The number of rotatable bonds is 9. The van der Waals surface area contributed by atoms with E-state index < -0.39 is 23.8 Å². The number of ether oxygens (including phenoxy) is 1. The van der Waals surface area contributed by atoms with E-state index in [9.17, 15) is 14.4 Å². The maximum Gasteiger partial charge on any atom is 0.408 e. The highest BCUT2D eigenvalue weighted by atomic mass is 32.1. The summed E-state index contributed by atoms with van der Waals surface area (Å²) in [6.45, 7) is 15.2. The lowest BCUT2D eigenvalue weighted by molar-refractivity contribution is -0.142. The Morgan fingerprint density at radius 1 is 1.12 bits per heavy atom. The molecule has 0 aliphatic carbocycles. The van der Waals surface area contributed by atoms with E-state index in [1.165, 1.54) is 4.90 Å². The number of hydrogen-bond donors (Lipinski definition) is 3. The van der Waals surface area contributed by atoms with Crippen LogP contribution in [0, 0.1) is 13.8 Å². The average Bonchev–Trinajstić information content (AvgIpc) is 2.66. The number of carbonyl (C=O) groups excluding carboxylic acids is 3.